The van der Waals surface area contributed by atoms with Gasteiger partial charge in [0.25, 0.3) is 10.1 Å². The van der Waals surface area contributed by atoms with Crippen LogP contribution in [0.15, 0.2) is 54.6 Å². The predicted octanol–water partition coefficient (Wildman–Crippen LogP) is 3.17. The predicted molar refractivity (Wildman–Crippen MR) is 74.1 cm³/mol. The number of rotatable bonds is 1. The average molecular weight is 264 g/mol. The van der Waals surface area contributed by atoms with Crippen LogP contribution < -0.4 is 0 Å². The molecule has 0 amide bonds. The van der Waals surface area contributed by atoms with Gasteiger partial charge in [0, 0.05) is 0 Å². The summed E-state index contributed by atoms with van der Waals surface area (Å²) in [7, 11) is -3.67. The lowest BCUT2D eigenvalue weighted by atomic mass is 10.0. The van der Waals surface area contributed by atoms with Crippen LogP contribution in [0.5, 0.6) is 0 Å². The maximum atomic E-state index is 9.19. The largest absolute Gasteiger partial charge is 0.286 e. The lowest BCUT2D eigenvalue weighted by Gasteiger charge is -2.00. The Labute approximate surface area is 108 Å². The van der Waals surface area contributed by atoms with E-state index in [-0.39, 0.29) is 0 Å². The molecule has 0 atom stereocenters. The van der Waals surface area contributed by atoms with Crippen LogP contribution in [0, 0.1) is 6.92 Å². The summed E-state index contributed by atoms with van der Waals surface area (Å²) < 4.78 is 25.9. The van der Waals surface area contributed by atoms with Crippen molar-refractivity contribution in [2.24, 2.45) is 0 Å². The molecule has 2 rings (SSSR count). The van der Waals surface area contributed by atoms with Gasteiger partial charge in [0.1, 0.15) is 0 Å². The van der Waals surface area contributed by atoms with E-state index in [1.165, 1.54) is 16.7 Å². The molecule has 0 bridgehead atoms. The maximum Gasteiger partial charge on any atom is 0.261 e. The van der Waals surface area contributed by atoms with Crippen molar-refractivity contribution < 1.29 is 13.0 Å². The van der Waals surface area contributed by atoms with E-state index in [1.807, 2.05) is 6.07 Å². The molecule has 96 valence electrons. The first-order valence-corrected chi connectivity index (χ1v) is 7.25. The Kier molecular flexibility index (Phi) is 5.07. The molecule has 0 fully saturated rings. The van der Waals surface area contributed by atoms with Crippen LogP contribution in [0.3, 0.4) is 0 Å². The van der Waals surface area contributed by atoms with Crippen LogP contribution >= 0.6 is 0 Å². The first-order chi connectivity index (χ1) is 8.36. The second-order valence-electron chi connectivity index (χ2n) is 3.97. The zero-order chi connectivity index (χ0) is 13.6. The van der Waals surface area contributed by atoms with E-state index in [9.17, 15) is 8.42 Å². The second-order valence-corrected chi connectivity index (χ2v) is 5.43. The third-order valence-electron chi connectivity index (χ3n) is 2.16. The monoisotopic (exact) mass is 264 g/mol. The van der Waals surface area contributed by atoms with Gasteiger partial charge in [-0.1, -0.05) is 60.2 Å². The zero-order valence-corrected chi connectivity index (χ0v) is 11.2. The number of hydrogen-bond donors (Lipinski definition) is 1. The molecule has 0 spiro atoms. The number of benzene rings is 2. The Morgan fingerprint density at radius 2 is 1.22 bits per heavy atom. The molecular formula is C14H16O3S. The lowest BCUT2D eigenvalue weighted by Crippen LogP contribution is -1.88. The van der Waals surface area contributed by atoms with Gasteiger partial charge in [0.2, 0.25) is 0 Å². The van der Waals surface area contributed by atoms with Gasteiger partial charge in [0.05, 0.1) is 6.26 Å². The van der Waals surface area contributed by atoms with Crippen LogP contribution in [0.25, 0.3) is 11.1 Å². The highest BCUT2D eigenvalue weighted by atomic mass is 32.2. The van der Waals surface area contributed by atoms with Crippen LogP contribution in [-0.4, -0.2) is 19.2 Å². The second kappa shape index (κ2) is 6.33. The fourth-order valence-electron chi connectivity index (χ4n) is 1.38. The summed E-state index contributed by atoms with van der Waals surface area (Å²) >= 11 is 0. The van der Waals surface area contributed by atoms with E-state index in [0.717, 1.165) is 0 Å². The fraction of sp³-hybridized carbons (Fsp3) is 0.143. The molecule has 0 radical (unpaired) electrons. The third kappa shape index (κ3) is 6.18. The molecule has 18 heavy (non-hydrogen) atoms. The zero-order valence-electron chi connectivity index (χ0n) is 10.4. The molecule has 4 heteroatoms. The minimum absolute atomic E-state index is 0.715. The van der Waals surface area contributed by atoms with Gasteiger partial charge in [-0.15, -0.1) is 0 Å². The van der Waals surface area contributed by atoms with Gasteiger partial charge in [-0.25, -0.2) is 0 Å². The Balaban J connectivity index is 0.000000280. The van der Waals surface area contributed by atoms with Gasteiger partial charge in [-0.3, -0.25) is 4.55 Å². The summed E-state index contributed by atoms with van der Waals surface area (Å²) in [5.74, 6) is 0. The van der Waals surface area contributed by atoms with E-state index in [0.29, 0.717) is 6.26 Å². The van der Waals surface area contributed by atoms with Gasteiger partial charge in [-0.05, 0) is 18.1 Å². The smallest absolute Gasteiger partial charge is 0.261 e. The SMILES string of the molecule is CS(=O)(=O)O.Cc1ccc(-c2ccccc2)cc1. The fourth-order valence-corrected chi connectivity index (χ4v) is 1.38. The van der Waals surface area contributed by atoms with Crippen molar-refractivity contribution in [3.8, 4) is 11.1 Å². The van der Waals surface area contributed by atoms with Crippen LogP contribution in [0.1, 0.15) is 5.56 Å². The van der Waals surface area contributed by atoms with Crippen LogP contribution in [-0.2, 0) is 10.1 Å². The number of aryl methyl sites for hydroxylation is 1. The Morgan fingerprint density at radius 1 is 0.833 bits per heavy atom. The minimum atomic E-state index is -3.67. The van der Waals surface area contributed by atoms with Gasteiger partial charge >= 0.3 is 0 Å². The van der Waals surface area contributed by atoms with Gasteiger partial charge in [0.15, 0.2) is 0 Å². The summed E-state index contributed by atoms with van der Waals surface area (Å²) in [5.41, 5.74) is 3.87. The molecule has 0 aromatic heterocycles. The van der Waals surface area contributed by atoms with Gasteiger partial charge in [-0.2, -0.15) is 8.42 Å². The van der Waals surface area contributed by atoms with Gasteiger partial charge < -0.3 is 0 Å². The molecule has 0 unspecified atom stereocenters. The Morgan fingerprint density at radius 3 is 1.67 bits per heavy atom. The van der Waals surface area contributed by atoms with Crippen molar-refractivity contribution in [3.05, 3.63) is 60.2 Å². The van der Waals surface area contributed by atoms with Crippen molar-refractivity contribution in [3.63, 3.8) is 0 Å². The summed E-state index contributed by atoms with van der Waals surface area (Å²) in [4.78, 5) is 0. The van der Waals surface area contributed by atoms with E-state index in [2.05, 4.69) is 55.5 Å². The highest BCUT2D eigenvalue weighted by molar-refractivity contribution is 7.85. The molecule has 0 saturated carbocycles. The third-order valence-corrected chi connectivity index (χ3v) is 2.16. The summed E-state index contributed by atoms with van der Waals surface area (Å²) in [6, 6.07) is 19.0. The topological polar surface area (TPSA) is 54.4 Å². The maximum absolute atomic E-state index is 9.19. The number of hydrogen-bond acceptors (Lipinski definition) is 2. The Bertz CT molecular complexity index is 564. The molecule has 0 aliphatic heterocycles. The van der Waals surface area contributed by atoms with Crippen LogP contribution in [0.2, 0.25) is 0 Å². The van der Waals surface area contributed by atoms with Crippen molar-refractivity contribution in [1.82, 2.24) is 0 Å². The highest BCUT2D eigenvalue weighted by Gasteiger charge is 1.93. The molecule has 0 saturated heterocycles. The molecule has 3 nitrogen and oxygen atoms in total. The van der Waals surface area contributed by atoms with Crippen molar-refractivity contribution in [2.75, 3.05) is 6.26 Å². The Hall–Kier alpha value is -1.65. The summed E-state index contributed by atoms with van der Waals surface area (Å²) in [6.45, 7) is 2.11. The minimum Gasteiger partial charge on any atom is -0.286 e. The van der Waals surface area contributed by atoms with Crippen molar-refractivity contribution in [2.45, 2.75) is 6.92 Å². The van der Waals surface area contributed by atoms with E-state index < -0.39 is 10.1 Å². The summed E-state index contributed by atoms with van der Waals surface area (Å²) in [6.07, 6.45) is 0.715. The van der Waals surface area contributed by atoms with E-state index in [4.69, 9.17) is 4.55 Å². The van der Waals surface area contributed by atoms with E-state index in [1.54, 1.807) is 0 Å². The van der Waals surface area contributed by atoms with Crippen molar-refractivity contribution >= 4 is 10.1 Å². The average Bonchev–Trinajstić information content (AvgIpc) is 2.29. The molecule has 0 aliphatic rings. The van der Waals surface area contributed by atoms with Crippen LogP contribution in [0.4, 0.5) is 0 Å². The summed E-state index contributed by atoms with van der Waals surface area (Å²) in [5, 5.41) is 0. The van der Waals surface area contributed by atoms with E-state index >= 15 is 0 Å². The van der Waals surface area contributed by atoms with Crippen molar-refractivity contribution in [1.29, 1.82) is 0 Å². The molecular weight excluding hydrogens is 248 g/mol. The molecule has 0 heterocycles. The quantitative estimate of drug-likeness (QED) is 0.805. The lowest BCUT2D eigenvalue weighted by molar-refractivity contribution is 0.490. The normalized spacial score (nSPS) is 10.4. The molecule has 0 aliphatic carbocycles. The first-order valence-electron chi connectivity index (χ1n) is 5.41. The molecule has 2 aromatic carbocycles. The highest BCUT2D eigenvalue weighted by Crippen LogP contribution is 2.18. The first kappa shape index (κ1) is 14.4. The molecule has 2 aromatic rings. The molecule has 1 N–H and O–H groups in total. The standard InChI is InChI=1S/C13H12.CH4O3S/c1-11-7-9-13(10-8-11)12-5-3-2-4-6-12;1-5(2,3)4/h2-10H,1H3;1H3,(H,2,3,4).